The van der Waals surface area contributed by atoms with E-state index in [9.17, 15) is 13.2 Å². The number of hydrogen-bond donors (Lipinski definition) is 1. The molecule has 1 N–H and O–H groups in total. The summed E-state index contributed by atoms with van der Waals surface area (Å²) in [6, 6.07) is 12.9. The van der Waals surface area contributed by atoms with E-state index in [1.54, 1.807) is 24.3 Å². The summed E-state index contributed by atoms with van der Waals surface area (Å²) in [5.41, 5.74) is 4.00. The quantitative estimate of drug-likeness (QED) is 0.809. The lowest BCUT2D eigenvalue weighted by Gasteiger charge is -2.09. The maximum absolute atomic E-state index is 12.3. The van der Waals surface area contributed by atoms with Gasteiger partial charge in [0, 0.05) is 12.1 Å². The van der Waals surface area contributed by atoms with Crippen molar-refractivity contribution in [2.45, 2.75) is 31.4 Å². The van der Waals surface area contributed by atoms with Crippen LogP contribution in [0, 0.1) is 0 Å². The van der Waals surface area contributed by atoms with Crippen LogP contribution in [-0.4, -0.2) is 27.2 Å². The predicted octanol–water partition coefficient (Wildman–Crippen LogP) is 3.13. The van der Waals surface area contributed by atoms with Crippen molar-refractivity contribution in [3.63, 3.8) is 0 Å². The van der Waals surface area contributed by atoms with Gasteiger partial charge in [0.15, 0.2) is 9.84 Å². The van der Waals surface area contributed by atoms with Crippen LogP contribution in [0.4, 0.5) is 5.69 Å². The zero-order chi connectivity index (χ0) is 18.6. The molecule has 5 nitrogen and oxygen atoms in total. The average molecular weight is 373 g/mol. The maximum Gasteiger partial charge on any atom is 0.225 e. The molecule has 0 unspecified atom stereocenters. The van der Waals surface area contributed by atoms with Crippen LogP contribution in [-0.2, 0) is 33.2 Å². The van der Waals surface area contributed by atoms with E-state index in [1.807, 2.05) is 18.2 Å². The van der Waals surface area contributed by atoms with Crippen LogP contribution in [0.3, 0.4) is 0 Å². The fraction of sp³-hybridized carbons (Fsp3) is 0.350. The molecule has 0 saturated heterocycles. The molecule has 26 heavy (non-hydrogen) atoms. The Kier molecular flexibility index (Phi) is 5.61. The van der Waals surface area contributed by atoms with E-state index in [0.29, 0.717) is 11.3 Å². The van der Waals surface area contributed by atoms with E-state index in [2.05, 4.69) is 5.32 Å². The number of fused-ring (bicyclic) bond motifs is 1. The molecule has 0 spiro atoms. The van der Waals surface area contributed by atoms with Gasteiger partial charge < -0.3 is 10.1 Å². The highest BCUT2D eigenvalue weighted by Crippen LogP contribution is 2.25. The molecule has 1 aliphatic carbocycles. The standard InChI is InChI=1S/C20H23NO4S/c1-25-19-7-2-4-15(12-19)14-26(23,24)11-10-20(22)21-18-9-8-16-5-3-6-17(16)13-18/h2,4,7-9,12-13H,3,5-6,10-11,14H2,1H3,(H,21,22). The highest BCUT2D eigenvalue weighted by atomic mass is 32.2. The number of ether oxygens (including phenoxy) is 1. The first-order valence-electron chi connectivity index (χ1n) is 8.70. The number of benzene rings is 2. The van der Waals surface area contributed by atoms with E-state index >= 15 is 0 Å². The Morgan fingerprint density at radius 3 is 2.73 bits per heavy atom. The van der Waals surface area contributed by atoms with Crippen molar-refractivity contribution < 1.29 is 17.9 Å². The SMILES string of the molecule is COc1cccc(CS(=O)(=O)CCC(=O)Nc2ccc3c(c2)CCC3)c1. The Labute approximate surface area is 154 Å². The molecule has 0 heterocycles. The number of aryl methyl sites for hydroxylation is 2. The highest BCUT2D eigenvalue weighted by molar-refractivity contribution is 7.90. The summed E-state index contributed by atoms with van der Waals surface area (Å²) >= 11 is 0. The van der Waals surface area contributed by atoms with Gasteiger partial charge in [-0.1, -0.05) is 18.2 Å². The maximum atomic E-state index is 12.3. The zero-order valence-electron chi connectivity index (χ0n) is 14.8. The Bertz CT molecular complexity index is 906. The third kappa shape index (κ3) is 4.85. The second-order valence-electron chi connectivity index (χ2n) is 6.58. The van der Waals surface area contributed by atoms with Crippen molar-refractivity contribution in [1.29, 1.82) is 0 Å². The Hall–Kier alpha value is -2.34. The van der Waals surface area contributed by atoms with Gasteiger partial charge in [-0.15, -0.1) is 0 Å². The molecular weight excluding hydrogens is 350 g/mol. The molecular formula is C20H23NO4S. The van der Waals surface area contributed by atoms with Gasteiger partial charge in [-0.3, -0.25) is 4.79 Å². The van der Waals surface area contributed by atoms with E-state index in [0.717, 1.165) is 24.9 Å². The van der Waals surface area contributed by atoms with Crippen LogP contribution in [0.1, 0.15) is 29.5 Å². The number of anilines is 1. The monoisotopic (exact) mass is 373 g/mol. The van der Waals surface area contributed by atoms with E-state index in [1.165, 1.54) is 18.2 Å². The molecule has 0 saturated carbocycles. The molecule has 0 radical (unpaired) electrons. The lowest BCUT2D eigenvalue weighted by Crippen LogP contribution is -2.18. The van der Waals surface area contributed by atoms with Crippen molar-refractivity contribution >= 4 is 21.4 Å². The van der Waals surface area contributed by atoms with Gasteiger partial charge in [0.05, 0.1) is 18.6 Å². The molecule has 6 heteroatoms. The van der Waals surface area contributed by atoms with Gasteiger partial charge in [-0.25, -0.2) is 8.42 Å². The lowest BCUT2D eigenvalue weighted by molar-refractivity contribution is -0.115. The first kappa shape index (κ1) is 18.5. The summed E-state index contributed by atoms with van der Waals surface area (Å²) in [5.74, 6) is 0.0568. The fourth-order valence-electron chi connectivity index (χ4n) is 3.21. The summed E-state index contributed by atoms with van der Waals surface area (Å²) in [6.45, 7) is 0. The zero-order valence-corrected chi connectivity index (χ0v) is 15.6. The summed E-state index contributed by atoms with van der Waals surface area (Å²) in [4.78, 5) is 12.1. The van der Waals surface area contributed by atoms with Crippen LogP contribution in [0.25, 0.3) is 0 Å². The Balaban J connectivity index is 1.54. The summed E-state index contributed by atoms with van der Waals surface area (Å²) in [7, 11) is -1.83. The molecule has 0 aliphatic heterocycles. The van der Waals surface area contributed by atoms with Gasteiger partial charge in [0.25, 0.3) is 0 Å². The first-order valence-corrected chi connectivity index (χ1v) is 10.5. The van der Waals surface area contributed by atoms with Crippen molar-refractivity contribution in [3.05, 3.63) is 59.2 Å². The second-order valence-corrected chi connectivity index (χ2v) is 8.76. The summed E-state index contributed by atoms with van der Waals surface area (Å²) in [6.07, 6.45) is 3.22. The Morgan fingerprint density at radius 2 is 1.92 bits per heavy atom. The minimum Gasteiger partial charge on any atom is -0.497 e. The number of carbonyl (C=O) groups is 1. The van der Waals surface area contributed by atoms with Crippen LogP contribution in [0.5, 0.6) is 5.75 Å². The van der Waals surface area contributed by atoms with Crippen molar-refractivity contribution in [2.75, 3.05) is 18.2 Å². The predicted molar refractivity (Wildman–Crippen MR) is 102 cm³/mol. The molecule has 0 fully saturated rings. The fourth-order valence-corrected chi connectivity index (χ4v) is 4.54. The number of sulfone groups is 1. The van der Waals surface area contributed by atoms with Crippen LogP contribution in [0.15, 0.2) is 42.5 Å². The molecule has 2 aromatic carbocycles. The van der Waals surface area contributed by atoms with E-state index < -0.39 is 9.84 Å². The number of methoxy groups -OCH3 is 1. The van der Waals surface area contributed by atoms with Gasteiger partial charge >= 0.3 is 0 Å². The molecule has 0 aromatic heterocycles. The number of hydrogen-bond acceptors (Lipinski definition) is 4. The van der Waals surface area contributed by atoms with Crippen LogP contribution >= 0.6 is 0 Å². The molecule has 0 atom stereocenters. The summed E-state index contributed by atoms with van der Waals surface area (Å²) < 4.78 is 29.7. The van der Waals surface area contributed by atoms with Gasteiger partial charge in [-0.2, -0.15) is 0 Å². The Morgan fingerprint density at radius 1 is 1.12 bits per heavy atom. The van der Waals surface area contributed by atoms with E-state index in [4.69, 9.17) is 4.74 Å². The first-order chi connectivity index (χ1) is 12.4. The number of carbonyl (C=O) groups excluding carboxylic acids is 1. The number of amides is 1. The third-order valence-corrected chi connectivity index (χ3v) is 6.14. The normalized spacial score (nSPS) is 13.3. The lowest BCUT2D eigenvalue weighted by atomic mass is 10.1. The smallest absolute Gasteiger partial charge is 0.225 e. The second kappa shape index (κ2) is 7.91. The van der Waals surface area contributed by atoms with Crippen molar-refractivity contribution in [2.24, 2.45) is 0 Å². The van der Waals surface area contributed by atoms with Crippen LogP contribution < -0.4 is 10.1 Å². The average Bonchev–Trinajstić information content (AvgIpc) is 3.08. The van der Waals surface area contributed by atoms with Gasteiger partial charge in [0.1, 0.15) is 5.75 Å². The van der Waals surface area contributed by atoms with E-state index in [-0.39, 0.29) is 23.8 Å². The molecule has 1 amide bonds. The molecule has 138 valence electrons. The topological polar surface area (TPSA) is 72.5 Å². The van der Waals surface area contributed by atoms with Gasteiger partial charge in [0.2, 0.25) is 5.91 Å². The highest BCUT2D eigenvalue weighted by Gasteiger charge is 2.16. The number of rotatable bonds is 7. The molecule has 0 bridgehead atoms. The minimum atomic E-state index is -3.37. The summed E-state index contributed by atoms with van der Waals surface area (Å²) in [5, 5.41) is 2.80. The van der Waals surface area contributed by atoms with Crippen molar-refractivity contribution in [3.8, 4) is 5.75 Å². The minimum absolute atomic E-state index is 0.0522. The van der Waals surface area contributed by atoms with Crippen LogP contribution in [0.2, 0.25) is 0 Å². The molecule has 2 aromatic rings. The molecule has 3 rings (SSSR count). The van der Waals surface area contributed by atoms with Crippen molar-refractivity contribution in [1.82, 2.24) is 0 Å². The largest absolute Gasteiger partial charge is 0.497 e. The number of nitrogens with one attached hydrogen (secondary N) is 1. The van der Waals surface area contributed by atoms with Gasteiger partial charge in [-0.05, 0) is 60.2 Å². The molecule has 1 aliphatic rings. The third-order valence-electron chi connectivity index (χ3n) is 4.54.